The number of esters is 1. The van der Waals surface area contributed by atoms with Gasteiger partial charge in [0.25, 0.3) is 0 Å². The average Bonchev–Trinajstić information content (AvgIpc) is 2.77. The van der Waals surface area contributed by atoms with Gasteiger partial charge in [0.05, 0.1) is 5.92 Å². The Hall–Kier alpha value is -0.730. The summed E-state index contributed by atoms with van der Waals surface area (Å²) in [6.07, 6.45) is 0. The zero-order valence-corrected chi connectivity index (χ0v) is 14.0. The number of carbonyl (C=O) groups excluding carboxylic acids is 1. The number of carbonyl (C=O) groups is 1. The molecule has 2 rings (SSSR count). The van der Waals surface area contributed by atoms with Crippen molar-refractivity contribution in [1.29, 1.82) is 0 Å². The maximum atomic E-state index is 12.3. The van der Waals surface area contributed by atoms with Crippen LogP contribution in [0, 0.1) is 11.3 Å². The average molecular weight is 315 g/mol. The topological polar surface area (TPSA) is 26.3 Å². The lowest BCUT2D eigenvalue weighted by Gasteiger charge is -2.20. The first-order valence-corrected chi connectivity index (χ1v) is 7.47. The quantitative estimate of drug-likeness (QED) is 0.712. The second-order valence-electron chi connectivity index (χ2n) is 7.01. The summed E-state index contributed by atoms with van der Waals surface area (Å²) in [4.78, 5) is 12.3. The molecular weight excluding hydrogens is 295 g/mol. The lowest BCUT2D eigenvalue weighted by molar-refractivity contribution is -0.157. The van der Waals surface area contributed by atoms with Crippen LogP contribution in [0.3, 0.4) is 0 Å². The lowest BCUT2D eigenvalue weighted by atomic mass is 10.0. The third-order valence-corrected chi connectivity index (χ3v) is 4.17. The van der Waals surface area contributed by atoms with Crippen molar-refractivity contribution in [3.8, 4) is 0 Å². The second-order valence-corrected chi connectivity index (χ2v) is 7.89. The fraction of sp³-hybridized carbons (Fsp3) is 0.562. The molecule has 0 N–H and O–H groups in total. The number of hydrogen-bond donors (Lipinski definition) is 0. The third-order valence-electron chi connectivity index (χ3n) is 3.73. The van der Waals surface area contributed by atoms with Gasteiger partial charge >= 0.3 is 5.97 Å². The molecule has 0 spiro atoms. The molecule has 0 bridgehead atoms. The number of hydrogen-bond acceptors (Lipinski definition) is 2. The highest BCUT2D eigenvalue weighted by Crippen LogP contribution is 2.65. The molecule has 4 heteroatoms. The Kier molecular flexibility index (Phi) is 3.85. The zero-order valence-electron chi connectivity index (χ0n) is 12.5. The Bertz CT molecular complexity index is 524. The second kappa shape index (κ2) is 4.92. The Morgan fingerprint density at radius 2 is 1.65 bits per heavy atom. The van der Waals surface area contributed by atoms with E-state index in [4.69, 9.17) is 27.9 Å². The monoisotopic (exact) mass is 314 g/mol. The first-order chi connectivity index (χ1) is 9.02. The van der Waals surface area contributed by atoms with Crippen LogP contribution in [0.1, 0.15) is 46.1 Å². The summed E-state index contributed by atoms with van der Waals surface area (Å²) in [7, 11) is 0. The highest BCUT2D eigenvalue weighted by Gasteiger charge is 2.63. The van der Waals surface area contributed by atoms with E-state index in [0.29, 0.717) is 10.0 Å². The lowest BCUT2D eigenvalue weighted by Crippen LogP contribution is -2.26. The van der Waals surface area contributed by atoms with E-state index in [1.54, 1.807) is 6.07 Å². The number of rotatable bonds is 2. The van der Waals surface area contributed by atoms with Crippen molar-refractivity contribution in [2.45, 2.75) is 46.1 Å². The minimum absolute atomic E-state index is 0.105. The summed E-state index contributed by atoms with van der Waals surface area (Å²) < 4.78 is 5.50. The van der Waals surface area contributed by atoms with Crippen molar-refractivity contribution < 1.29 is 9.53 Å². The van der Waals surface area contributed by atoms with Gasteiger partial charge in [0.2, 0.25) is 0 Å². The number of ether oxygens (including phenoxy) is 1. The van der Waals surface area contributed by atoms with E-state index in [2.05, 4.69) is 13.8 Å². The third kappa shape index (κ3) is 3.12. The van der Waals surface area contributed by atoms with E-state index in [1.165, 1.54) is 0 Å². The van der Waals surface area contributed by atoms with E-state index in [1.807, 2.05) is 32.9 Å². The van der Waals surface area contributed by atoms with Gasteiger partial charge in [-0.15, -0.1) is 0 Å². The largest absolute Gasteiger partial charge is 0.460 e. The van der Waals surface area contributed by atoms with Crippen LogP contribution in [-0.4, -0.2) is 11.6 Å². The predicted octanol–water partition coefficient (Wildman–Crippen LogP) is 5.07. The van der Waals surface area contributed by atoms with Crippen LogP contribution < -0.4 is 0 Å². The Morgan fingerprint density at radius 1 is 1.15 bits per heavy atom. The first kappa shape index (κ1) is 15.7. The molecule has 0 aliphatic heterocycles. The maximum absolute atomic E-state index is 12.3. The smallest absolute Gasteiger partial charge is 0.310 e. The molecule has 2 nitrogen and oxygen atoms in total. The molecular formula is C16H20Cl2O2. The van der Waals surface area contributed by atoms with Crippen molar-refractivity contribution in [3.63, 3.8) is 0 Å². The minimum atomic E-state index is -0.466. The molecule has 20 heavy (non-hydrogen) atoms. The van der Waals surface area contributed by atoms with E-state index in [-0.39, 0.29) is 23.2 Å². The van der Waals surface area contributed by atoms with Gasteiger partial charge in [0, 0.05) is 16.0 Å². The fourth-order valence-corrected chi connectivity index (χ4v) is 3.36. The Morgan fingerprint density at radius 3 is 2.10 bits per heavy atom. The summed E-state index contributed by atoms with van der Waals surface area (Å²) in [6, 6.07) is 5.46. The van der Waals surface area contributed by atoms with Gasteiger partial charge in [0.15, 0.2) is 0 Å². The standard InChI is InChI=1S/C16H20Cl2O2/c1-15(2,3)20-14(19)13-12(16(13,4)5)9-6-10(17)8-11(18)7-9/h6-8,12-13H,1-5H3. The molecule has 0 aromatic heterocycles. The highest BCUT2D eigenvalue weighted by atomic mass is 35.5. The number of halogens is 2. The van der Waals surface area contributed by atoms with Crippen molar-refractivity contribution in [2.24, 2.45) is 11.3 Å². The summed E-state index contributed by atoms with van der Waals surface area (Å²) in [5.74, 6) is -0.187. The molecule has 0 radical (unpaired) electrons. The predicted molar refractivity (Wildman–Crippen MR) is 82.3 cm³/mol. The highest BCUT2D eigenvalue weighted by molar-refractivity contribution is 6.34. The molecule has 0 amide bonds. The molecule has 1 aromatic rings. The van der Waals surface area contributed by atoms with E-state index in [9.17, 15) is 4.79 Å². The molecule has 1 aliphatic rings. The molecule has 1 aromatic carbocycles. The maximum Gasteiger partial charge on any atom is 0.310 e. The normalized spacial score (nSPS) is 24.4. The van der Waals surface area contributed by atoms with Crippen LogP contribution in [0.25, 0.3) is 0 Å². The molecule has 0 heterocycles. The van der Waals surface area contributed by atoms with E-state index < -0.39 is 5.60 Å². The van der Waals surface area contributed by atoms with E-state index >= 15 is 0 Å². The molecule has 0 saturated heterocycles. The van der Waals surface area contributed by atoms with Gasteiger partial charge in [-0.2, -0.15) is 0 Å². The molecule has 110 valence electrons. The Labute approximate surface area is 130 Å². The molecule has 1 saturated carbocycles. The van der Waals surface area contributed by atoms with Crippen molar-refractivity contribution in [2.75, 3.05) is 0 Å². The molecule has 2 unspecified atom stereocenters. The van der Waals surface area contributed by atoms with Gasteiger partial charge in [-0.1, -0.05) is 37.0 Å². The van der Waals surface area contributed by atoms with Gasteiger partial charge in [-0.05, 0) is 49.9 Å². The summed E-state index contributed by atoms with van der Waals surface area (Å²) in [6.45, 7) is 9.78. The summed E-state index contributed by atoms with van der Waals surface area (Å²) in [5, 5.41) is 1.19. The summed E-state index contributed by atoms with van der Waals surface area (Å²) in [5.41, 5.74) is 0.408. The Balaban J connectivity index is 2.24. The van der Waals surface area contributed by atoms with Crippen molar-refractivity contribution >= 4 is 29.2 Å². The molecule has 1 fully saturated rings. The SMILES string of the molecule is CC(C)(C)OC(=O)C1C(c2cc(Cl)cc(Cl)c2)C1(C)C. The van der Waals surface area contributed by atoms with E-state index in [0.717, 1.165) is 5.56 Å². The molecule has 1 aliphatic carbocycles. The van der Waals surface area contributed by atoms with Crippen molar-refractivity contribution in [1.82, 2.24) is 0 Å². The number of benzene rings is 1. The van der Waals surface area contributed by atoms with Crippen LogP contribution in [-0.2, 0) is 9.53 Å². The fourth-order valence-electron chi connectivity index (χ4n) is 2.82. The van der Waals surface area contributed by atoms with Gasteiger partial charge in [0.1, 0.15) is 5.60 Å². The van der Waals surface area contributed by atoms with Crippen LogP contribution in [0.2, 0.25) is 10.0 Å². The van der Waals surface area contributed by atoms with Gasteiger partial charge in [-0.3, -0.25) is 4.79 Å². The van der Waals surface area contributed by atoms with Crippen LogP contribution in [0.15, 0.2) is 18.2 Å². The summed E-state index contributed by atoms with van der Waals surface area (Å²) >= 11 is 12.1. The van der Waals surface area contributed by atoms with Crippen LogP contribution in [0.4, 0.5) is 0 Å². The molecule has 2 atom stereocenters. The minimum Gasteiger partial charge on any atom is -0.460 e. The first-order valence-electron chi connectivity index (χ1n) is 6.71. The zero-order chi connectivity index (χ0) is 15.3. The van der Waals surface area contributed by atoms with Crippen LogP contribution >= 0.6 is 23.2 Å². The van der Waals surface area contributed by atoms with Gasteiger partial charge in [-0.25, -0.2) is 0 Å². The van der Waals surface area contributed by atoms with Crippen molar-refractivity contribution in [3.05, 3.63) is 33.8 Å². The van der Waals surface area contributed by atoms with Crippen LogP contribution in [0.5, 0.6) is 0 Å². The van der Waals surface area contributed by atoms with Gasteiger partial charge < -0.3 is 4.74 Å².